The summed E-state index contributed by atoms with van der Waals surface area (Å²) in [7, 11) is 0. The summed E-state index contributed by atoms with van der Waals surface area (Å²) < 4.78 is 10.7. The highest BCUT2D eigenvalue weighted by Crippen LogP contribution is 2.34. The van der Waals surface area contributed by atoms with Crippen molar-refractivity contribution in [2.24, 2.45) is 0 Å². The average Bonchev–Trinajstić information content (AvgIpc) is 2.85. The van der Waals surface area contributed by atoms with Crippen LogP contribution in [0.15, 0.2) is 18.2 Å². The second kappa shape index (κ2) is 21.0. The van der Waals surface area contributed by atoms with Gasteiger partial charge < -0.3 is 9.47 Å². The maximum atomic E-state index is 12.3. The molecule has 37 heavy (non-hydrogen) atoms. The zero-order chi connectivity index (χ0) is 27.3. The average molecular weight is 518 g/mol. The Morgan fingerprint density at radius 3 is 1.46 bits per heavy atom. The minimum Gasteiger partial charge on any atom is -0.449 e. The largest absolute Gasteiger partial charge is 0.449 e. The lowest BCUT2D eigenvalue weighted by molar-refractivity contribution is 0.139. The summed E-state index contributed by atoms with van der Waals surface area (Å²) in [5.74, 6) is 0.933. The van der Waals surface area contributed by atoms with E-state index < -0.39 is 12.2 Å². The zero-order valence-electron chi connectivity index (χ0n) is 24.5. The van der Waals surface area contributed by atoms with Crippen molar-refractivity contribution in [3.8, 4) is 5.75 Å². The lowest BCUT2D eigenvalue weighted by atomic mass is 9.94. The van der Waals surface area contributed by atoms with Crippen LogP contribution in [0.25, 0.3) is 0 Å². The molecule has 0 saturated heterocycles. The number of amides is 2. The smallest absolute Gasteiger partial charge is 0.422 e. The van der Waals surface area contributed by atoms with Crippen LogP contribution in [0, 0.1) is 0 Å². The molecule has 212 valence electrons. The first-order valence-electron chi connectivity index (χ1n) is 15.1. The van der Waals surface area contributed by atoms with Crippen molar-refractivity contribution in [1.29, 1.82) is 0 Å². The summed E-state index contributed by atoms with van der Waals surface area (Å²) in [4.78, 5) is 24.3. The van der Waals surface area contributed by atoms with Gasteiger partial charge in [-0.3, -0.25) is 0 Å². The van der Waals surface area contributed by atoms with Gasteiger partial charge in [-0.05, 0) is 29.4 Å². The van der Waals surface area contributed by atoms with Crippen LogP contribution < -0.4 is 10.1 Å². The van der Waals surface area contributed by atoms with Crippen molar-refractivity contribution in [3.63, 3.8) is 0 Å². The molecule has 1 aromatic carbocycles. The molecule has 0 aliphatic heterocycles. The summed E-state index contributed by atoms with van der Waals surface area (Å²) in [6.07, 6.45) is 19.2. The zero-order valence-corrected chi connectivity index (χ0v) is 24.5. The Morgan fingerprint density at radius 2 is 1.05 bits per heavy atom. The fourth-order valence-corrected chi connectivity index (χ4v) is 4.65. The molecule has 0 unspecified atom stereocenters. The van der Waals surface area contributed by atoms with Crippen molar-refractivity contribution in [1.82, 2.24) is 5.32 Å². The molecule has 2 amide bonds. The molecular weight excluding hydrogens is 462 g/mol. The lowest BCUT2D eigenvalue weighted by Gasteiger charge is -2.18. The number of carbonyl (C=O) groups excluding carboxylic acids is 2. The highest BCUT2D eigenvalue weighted by atomic mass is 16.6. The molecule has 1 N–H and O–H groups in total. The van der Waals surface area contributed by atoms with Gasteiger partial charge in [0.15, 0.2) is 0 Å². The number of nitrogens with one attached hydrogen (secondary N) is 1. The Hall–Kier alpha value is -2.04. The predicted octanol–water partition coefficient (Wildman–Crippen LogP) is 10.4. The SMILES string of the molecule is CCCCCCCCCCCCCCCCCCOC(=O)NC(=O)Oc1c(C(C)C)cccc1C(C)C. The molecule has 1 rings (SSSR count). The molecule has 0 aliphatic carbocycles. The third kappa shape index (κ3) is 15.7. The molecule has 0 fully saturated rings. The number of carbonyl (C=O) groups is 2. The maximum absolute atomic E-state index is 12.3. The number of ether oxygens (including phenoxy) is 2. The van der Waals surface area contributed by atoms with E-state index >= 15 is 0 Å². The van der Waals surface area contributed by atoms with E-state index in [-0.39, 0.29) is 11.8 Å². The first-order chi connectivity index (χ1) is 17.9. The topological polar surface area (TPSA) is 64.6 Å². The fourth-order valence-electron chi connectivity index (χ4n) is 4.65. The first kappa shape index (κ1) is 33.0. The van der Waals surface area contributed by atoms with Gasteiger partial charge in [0.25, 0.3) is 0 Å². The van der Waals surface area contributed by atoms with E-state index in [9.17, 15) is 9.59 Å². The van der Waals surface area contributed by atoms with E-state index in [0.717, 1.165) is 30.4 Å². The van der Waals surface area contributed by atoms with Gasteiger partial charge in [-0.2, -0.15) is 0 Å². The molecular formula is C32H55NO4. The van der Waals surface area contributed by atoms with E-state index in [0.29, 0.717) is 12.4 Å². The number of hydrogen-bond donors (Lipinski definition) is 1. The van der Waals surface area contributed by atoms with Crippen LogP contribution in [-0.4, -0.2) is 18.8 Å². The van der Waals surface area contributed by atoms with Gasteiger partial charge in [-0.25, -0.2) is 14.9 Å². The van der Waals surface area contributed by atoms with E-state index in [1.807, 2.05) is 18.2 Å². The standard InChI is InChI=1S/C32H55NO4/c1-6-7-8-9-10-11-12-13-14-15-16-17-18-19-20-21-25-36-31(34)33-32(35)37-30-28(26(2)3)23-22-24-29(30)27(4)5/h22-24,26-27H,6-21,25H2,1-5H3,(H,33,34,35). The predicted molar refractivity (Wildman–Crippen MR) is 155 cm³/mol. The van der Waals surface area contributed by atoms with Gasteiger partial charge in [-0.15, -0.1) is 0 Å². The second-order valence-electron chi connectivity index (χ2n) is 11.0. The number of rotatable bonds is 20. The number of alkyl carbamates (subject to hydrolysis) is 1. The van der Waals surface area contributed by atoms with Crippen LogP contribution in [0.2, 0.25) is 0 Å². The molecule has 0 aromatic heterocycles. The molecule has 0 atom stereocenters. The highest BCUT2D eigenvalue weighted by molar-refractivity contribution is 5.88. The number of para-hydroxylation sites is 1. The van der Waals surface area contributed by atoms with Crippen LogP contribution in [0.1, 0.15) is 160 Å². The van der Waals surface area contributed by atoms with Gasteiger partial charge in [-0.1, -0.05) is 149 Å². The first-order valence-corrected chi connectivity index (χ1v) is 15.1. The molecule has 5 heteroatoms. The third-order valence-corrected chi connectivity index (χ3v) is 6.95. The fraction of sp³-hybridized carbons (Fsp3) is 0.750. The second-order valence-corrected chi connectivity index (χ2v) is 11.0. The number of benzene rings is 1. The summed E-state index contributed by atoms with van der Waals surface area (Å²) in [5, 5.41) is 2.19. The summed E-state index contributed by atoms with van der Waals surface area (Å²) in [5.41, 5.74) is 1.89. The summed E-state index contributed by atoms with van der Waals surface area (Å²) in [6.45, 7) is 10.8. The van der Waals surface area contributed by atoms with Gasteiger partial charge in [0, 0.05) is 0 Å². The molecule has 1 aromatic rings. The maximum Gasteiger partial charge on any atom is 0.422 e. The van der Waals surface area contributed by atoms with Gasteiger partial charge >= 0.3 is 12.2 Å². The van der Waals surface area contributed by atoms with E-state index in [4.69, 9.17) is 9.47 Å². The normalized spacial score (nSPS) is 11.2. The molecule has 5 nitrogen and oxygen atoms in total. The van der Waals surface area contributed by atoms with Crippen LogP contribution in [-0.2, 0) is 4.74 Å². The molecule has 0 radical (unpaired) electrons. The minimum atomic E-state index is -0.799. The van der Waals surface area contributed by atoms with Crippen molar-refractivity contribution < 1.29 is 19.1 Å². The highest BCUT2D eigenvalue weighted by Gasteiger charge is 2.19. The van der Waals surface area contributed by atoms with Crippen LogP contribution in [0.5, 0.6) is 5.75 Å². The summed E-state index contributed by atoms with van der Waals surface area (Å²) in [6, 6.07) is 5.88. The number of hydrogen-bond acceptors (Lipinski definition) is 4. The van der Waals surface area contributed by atoms with Crippen molar-refractivity contribution in [3.05, 3.63) is 29.3 Å². The Labute approximate surface area is 227 Å². The van der Waals surface area contributed by atoms with Crippen molar-refractivity contribution in [2.45, 2.75) is 149 Å². The number of imide groups is 1. The molecule has 0 spiro atoms. The van der Waals surface area contributed by atoms with Gasteiger partial charge in [0.1, 0.15) is 5.75 Å². The van der Waals surface area contributed by atoms with Gasteiger partial charge in [0.05, 0.1) is 6.61 Å². The lowest BCUT2D eigenvalue weighted by Crippen LogP contribution is -2.34. The van der Waals surface area contributed by atoms with Crippen LogP contribution >= 0.6 is 0 Å². The van der Waals surface area contributed by atoms with Crippen molar-refractivity contribution in [2.75, 3.05) is 6.61 Å². The molecule has 0 bridgehead atoms. The van der Waals surface area contributed by atoms with Gasteiger partial charge in [0.2, 0.25) is 0 Å². The number of unbranched alkanes of at least 4 members (excludes halogenated alkanes) is 15. The Balaban J connectivity index is 2.06. The molecule has 0 aliphatic rings. The van der Waals surface area contributed by atoms with E-state index in [2.05, 4.69) is 39.9 Å². The summed E-state index contributed by atoms with van der Waals surface area (Å²) >= 11 is 0. The Morgan fingerprint density at radius 1 is 0.649 bits per heavy atom. The third-order valence-electron chi connectivity index (χ3n) is 6.95. The van der Waals surface area contributed by atoms with E-state index in [1.165, 1.54) is 83.5 Å². The van der Waals surface area contributed by atoms with Crippen molar-refractivity contribution >= 4 is 12.2 Å². The molecule has 0 heterocycles. The monoisotopic (exact) mass is 517 g/mol. The molecule has 0 saturated carbocycles. The Bertz CT molecular complexity index is 718. The van der Waals surface area contributed by atoms with Crippen LogP contribution in [0.3, 0.4) is 0 Å². The Kier molecular flexibility index (Phi) is 18.7. The van der Waals surface area contributed by atoms with E-state index in [1.54, 1.807) is 0 Å². The minimum absolute atomic E-state index is 0.198. The quantitative estimate of drug-likeness (QED) is 0.175. The van der Waals surface area contributed by atoms with Crippen LogP contribution in [0.4, 0.5) is 9.59 Å².